The summed E-state index contributed by atoms with van der Waals surface area (Å²) in [7, 11) is 0. The molecule has 6 nitrogen and oxygen atoms in total. The molecule has 29 heavy (non-hydrogen) atoms. The fourth-order valence-electron chi connectivity index (χ4n) is 6.58. The zero-order valence-electron chi connectivity index (χ0n) is 17.8. The predicted octanol–water partition coefficient (Wildman–Crippen LogP) is 3.13. The van der Waals surface area contributed by atoms with E-state index in [0.717, 1.165) is 38.7 Å². The highest BCUT2D eigenvalue weighted by Gasteiger charge is 2.59. The number of amides is 1. The highest BCUT2D eigenvalue weighted by molar-refractivity contribution is 5.93. The molecule has 0 aromatic carbocycles. The Bertz CT molecular complexity index is 746. The van der Waals surface area contributed by atoms with Crippen molar-refractivity contribution in [2.45, 2.75) is 65.0 Å². The number of nitrogens with one attached hydrogen (secondary N) is 1. The van der Waals surface area contributed by atoms with E-state index in [1.165, 1.54) is 12.5 Å². The third-order valence-corrected chi connectivity index (χ3v) is 8.02. The molecular formula is C23H33NO5. The zero-order valence-corrected chi connectivity index (χ0v) is 17.8. The number of cyclic esters (lactones) is 1. The lowest BCUT2D eigenvalue weighted by molar-refractivity contribution is -0.259. The quantitative estimate of drug-likeness (QED) is 0.445. The number of carbonyl (C=O) groups is 2. The van der Waals surface area contributed by atoms with Crippen LogP contribution in [-0.4, -0.2) is 44.0 Å². The molecule has 0 radical (unpaired) electrons. The Morgan fingerprint density at radius 1 is 1.31 bits per heavy atom. The Morgan fingerprint density at radius 2 is 2.10 bits per heavy atom. The van der Waals surface area contributed by atoms with E-state index < -0.39 is 0 Å². The Morgan fingerprint density at radius 3 is 2.86 bits per heavy atom. The topological polar surface area (TPSA) is 73.9 Å². The van der Waals surface area contributed by atoms with Crippen LogP contribution in [0.3, 0.4) is 0 Å². The summed E-state index contributed by atoms with van der Waals surface area (Å²) in [6.45, 7) is 11.9. The Balaban J connectivity index is 1.59. The first-order valence-electron chi connectivity index (χ1n) is 10.8. The molecule has 0 aromatic heterocycles. The summed E-state index contributed by atoms with van der Waals surface area (Å²) in [5, 5.41) is 2.82. The lowest BCUT2D eigenvalue weighted by Crippen LogP contribution is -2.60. The minimum absolute atomic E-state index is 0.0162. The summed E-state index contributed by atoms with van der Waals surface area (Å²) in [6.07, 6.45) is 7.22. The molecular weight excluding hydrogens is 370 g/mol. The molecule has 2 heterocycles. The lowest BCUT2D eigenvalue weighted by atomic mass is 9.46. The van der Waals surface area contributed by atoms with Gasteiger partial charge in [-0.15, -0.1) is 0 Å². The van der Waals surface area contributed by atoms with Gasteiger partial charge in [-0.25, -0.2) is 4.79 Å². The van der Waals surface area contributed by atoms with Gasteiger partial charge in [-0.05, 0) is 49.4 Å². The number of hydrogen-bond donors (Lipinski definition) is 1. The van der Waals surface area contributed by atoms with Gasteiger partial charge in [0.2, 0.25) is 5.91 Å². The van der Waals surface area contributed by atoms with Crippen LogP contribution in [0, 0.1) is 22.7 Å². The van der Waals surface area contributed by atoms with Crippen LogP contribution in [-0.2, 0) is 23.8 Å². The fraction of sp³-hybridized carbons (Fsp3) is 0.739. The average Bonchev–Trinajstić information content (AvgIpc) is 2.99. The maximum absolute atomic E-state index is 12.2. The lowest BCUT2D eigenvalue weighted by Gasteiger charge is -2.61. The SMILES string of the molecule is C=C1CCC2[C@]3(C)COCO[C@@H]3CC[C@@]2(C)[C@@H]1C/C=C1/C(=O)OC[C@H]1NC(C)=O. The van der Waals surface area contributed by atoms with E-state index in [0.29, 0.717) is 24.2 Å². The molecule has 6 heteroatoms. The molecule has 2 saturated carbocycles. The van der Waals surface area contributed by atoms with Crippen molar-refractivity contribution in [2.24, 2.45) is 22.7 Å². The highest BCUT2D eigenvalue weighted by atomic mass is 16.7. The number of esters is 1. The second-order valence-corrected chi connectivity index (χ2v) is 9.72. The van der Waals surface area contributed by atoms with Gasteiger partial charge in [0, 0.05) is 12.3 Å². The number of hydrogen-bond acceptors (Lipinski definition) is 5. The molecule has 1 unspecified atom stereocenters. The molecule has 160 valence electrons. The second-order valence-electron chi connectivity index (χ2n) is 9.72. The highest BCUT2D eigenvalue weighted by Crippen LogP contribution is 2.62. The molecule has 4 rings (SSSR count). The molecule has 4 fully saturated rings. The normalized spacial score (nSPS) is 43.5. The second kappa shape index (κ2) is 7.55. The van der Waals surface area contributed by atoms with Crippen LogP contribution in [0.15, 0.2) is 23.8 Å². The molecule has 2 aliphatic heterocycles. The Kier molecular flexibility index (Phi) is 5.36. The van der Waals surface area contributed by atoms with Crippen LogP contribution >= 0.6 is 0 Å². The Labute approximate surface area is 173 Å². The van der Waals surface area contributed by atoms with Gasteiger partial charge in [0.15, 0.2) is 0 Å². The van der Waals surface area contributed by atoms with Gasteiger partial charge < -0.3 is 19.5 Å². The first-order valence-corrected chi connectivity index (χ1v) is 10.8. The molecule has 0 bridgehead atoms. The molecule has 0 aromatic rings. The maximum Gasteiger partial charge on any atom is 0.336 e. The maximum atomic E-state index is 12.2. The summed E-state index contributed by atoms with van der Waals surface area (Å²) in [4.78, 5) is 23.7. The van der Waals surface area contributed by atoms with Crippen LogP contribution in [0.1, 0.15) is 52.9 Å². The van der Waals surface area contributed by atoms with Gasteiger partial charge >= 0.3 is 5.97 Å². The largest absolute Gasteiger partial charge is 0.460 e. The third-order valence-electron chi connectivity index (χ3n) is 8.02. The number of fused-ring (bicyclic) bond motifs is 3. The van der Waals surface area contributed by atoms with E-state index in [1.54, 1.807) is 0 Å². The minimum atomic E-state index is -0.353. The predicted molar refractivity (Wildman–Crippen MR) is 108 cm³/mol. The van der Waals surface area contributed by atoms with Crippen molar-refractivity contribution in [3.8, 4) is 0 Å². The molecule has 2 saturated heterocycles. The van der Waals surface area contributed by atoms with Gasteiger partial charge in [0.1, 0.15) is 13.4 Å². The van der Waals surface area contributed by atoms with E-state index in [1.807, 2.05) is 6.08 Å². The van der Waals surface area contributed by atoms with Gasteiger partial charge in [-0.2, -0.15) is 0 Å². The molecule has 1 amide bonds. The summed E-state index contributed by atoms with van der Waals surface area (Å²) in [5.74, 6) is 0.304. The van der Waals surface area contributed by atoms with E-state index in [2.05, 4.69) is 25.7 Å². The standard InChI is InChI=1S/C23H33NO5/c1-14-5-8-19-22(3,10-9-20-23(19,4)12-27-13-29-20)17(14)7-6-16-18(24-15(2)25)11-28-21(16)26/h6,17-20H,1,5,7-13H2,2-4H3,(H,24,25)/b16-6+/t17-,18-,19?,20-,22+,23+/m1/s1. The summed E-state index contributed by atoms with van der Waals surface area (Å²) < 4.78 is 16.9. The summed E-state index contributed by atoms with van der Waals surface area (Å²) in [6, 6.07) is -0.353. The zero-order chi connectivity index (χ0) is 20.8. The van der Waals surface area contributed by atoms with Gasteiger partial charge in [-0.3, -0.25) is 4.79 Å². The van der Waals surface area contributed by atoms with Crippen LogP contribution in [0.4, 0.5) is 0 Å². The van der Waals surface area contributed by atoms with E-state index in [4.69, 9.17) is 14.2 Å². The van der Waals surface area contributed by atoms with Crippen molar-refractivity contribution >= 4 is 11.9 Å². The number of ether oxygens (including phenoxy) is 3. The molecule has 1 N–H and O–H groups in total. The summed E-state index contributed by atoms with van der Waals surface area (Å²) >= 11 is 0. The van der Waals surface area contributed by atoms with Gasteiger partial charge in [0.05, 0.1) is 24.3 Å². The molecule has 4 aliphatic rings. The fourth-order valence-corrected chi connectivity index (χ4v) is 6.58. The van der Waals surface area contributed by atoms with Crippen LogP contribution in [0.5, 0.6) is 0 Å². The van der Waals surface area contributed by atoms with Crippen molar-refractivity contribution in [2.75, 3.05) is 20.0 Å². The van der Waals surface area contributed by atoms with E-state index >= 15 is 0 Å². The molecule has 6 atom stereocenters. The first-order chi connectivity index (χ1) is 13.8. The summed E-state index contributed by atoms with van der Waals surface area (Å²) in [5.41, 5.74) is 1.95. The van der Waals surface area contributed by atoms with Crippen molar-refractivity contribution in [1.29, 1.82) is 0 Å². The minimum Gasteiger partial charge on any atom is -0.460 e. The Hall–Kier alpha value is -1.66. The van der Waals surface area contributed by atoms with Gasteiger partial charge in [-0.1, -0.05) is 32.1 Å². The van der Waals surface area contributed by atoms with Crippen molar-refractivity contribution in [3.05, 3.63) is 23.8 Å². The molecule has 2 aliphatic carbocycles. The van der Waals surface area contributed by atoms with E-state index in [9.17, 15) is 9.59 Å². The molecule has 0 spiro atoms. The first kappa shape index (κ1) is 20.6. The third kappa shape index (κ3) is 3.44. The van der Waals surface area contributed by atoms with Crippen LogP contribution in [0.2, 0.25) is 0 Å². The van der Waals surface area contributed by atoms with Crippen molar-refractivity contribution < 1.29 is 23.8 Å². The number of allylic oxidation sites excluding steroid dienone is 2. The van der Waals surface area contributed by atoms with Crippen LogP contribution in [0.25, 0.3) is 0 Å². The number of carbonyl (C=O) groups excluding carboxylic acids is 2. The monoisotopic (exact) mass is 403 g/mol. The van der Waals surface area contributed by atoms with Gasteiger partial charge in [0.25, 0.3) is 0 Å². The smallest absolute Gasteiger partial charge is 0.336 e. The van der Waals surface area contributed by atoms with Crippen molar-refractivity contribution in [3.63, 3.8) is 0 Å². The number of rotatable bonds is 3. The van der Waals surface area contributed by atoms with E-state index in [-0.39, 0.29) is 41.5 Å². The van der Waals surface area contributed by atoms with Crippen LogP contribution < -0.4 is 5.32 Å². The average molecular weight is 404 g/mol. The van der Waals surface area contributed by atoms with Crippen molar-refractivity contribution in [1.82, 2.24) is 5.32 Å².